The Morgan fingerprint density at radius 2 is 2.17 bits per heavy atom. The Morgan fingerprint density at radius 3 is 3.00 bits per heavy atom. The molecule has 6 heteroatoms. The van der Waals surface area contributed by atoms with Gasteiger partial charge in [0.15, 0.2) is 0 Å². The van der Waals surface area contributed by atoms with Gasteiger partial charge in [0.05, 0.1) is 5.69 Å². The van der Waals surface area contributed by atoms with E-state index >= 15 is 0 Å². The molecule has 23 heavy (non-hydrogen) atoms. The van der Waals surface area contributed by atoms with Gasteiger partial charge in [-0.05, 0) is 23.8 Å². The number of rotatable bonds is 3. The van der Waals surface area contributed by atoms with E-state index in [2.05, 4.69) is 19.9 Å². The van der Waals surface area contributed by atoms with Crippen molar-refractivity contribution in [3.63, 3.8) is 0 Å². The first-order valence-electron chi connectivity index (χ1n) is 7.56. The second-order valence-corrected chi connectivity index (χ2v) is 5.74. The van der Waals surface area contributed by atoms with Crippen molar-refractivity contribution in [3.05, 3.63) is 59.6 Å². The molecule has 0 spiro atoms. The molecule has 0 saturated carbocycles. The van der Waals surface area contributed by atoms with Gasteiger partial charge in [0.25, 0.3) is 0 Å². The minimum absolute atomic E-state index is 0. The normalized spacial score (nSPS) is 14.5. The van der Waals surface area contributed by atoms with Gasteiger partial charge < -0.3 is 4.98 Å². The van der Waals surface area contributed by atoms with Crippen molar-refractivity contribution in [3.8, 4) is 0 Å². The fourth-order valence-electron chi connectivity index (χ4n) is 3.16. The van der Waals surface area contributed by atoms with Gasteiger partial charge in [0, 0.05) is 67.7 Å². The second-order valence-electron chi connectivity index (χ2n) is 5.74. The van der Waals surface area contributed by atoms with Crippen LogP contribution in [0.1, 0.15) is 17.0 Å². The van der Waals surface area contributed by atoms with Crippen molar-refractivity contribution in [2.75, 3.05) is 13.1 Å². The average molecular weight is 333 g/mol. The zero-order valence-electron chi connectivity index (χ0n) is 12.6. The fraction of sp³-hybridized carbons (Fsp3) is 0.294. The summed E-state index contributed by atoms with van der Waals surface area (Å²) in [5.41, 5.74) is 4.52. The standard InChI is InChI=1S/C17H17FN4.ClH/c18-12-1-2-16-14(9-12)15-11-22(8-4-17(15)21-16)7-3-13-10-19-5-6-20-13;/h1-2,5-6,9-10,21H,3-4,7-8,11H2;1H. The molecule has 3 aromatic rings. The van der Waals surface area contributed by atoms with Crippen molar-refractivity contribution in [2.45, 2.75) is 19.4 Å². The Hall–Kier alpha value is -1.98. The molecule has 4 nitrogen and oxygen atoms in total. The molecule has 0 radical (unpaired) electrons. The van der Waals surface area contributed by atoms with E-state index in [0.717, 1.165) is 49.1 Å². The number of nitrogens with zero attached hydrogens (tertiary/aromatic N) is 3. The van der Waals surface area contributed by atoms with E-state index < -0.39 is 0 Å². The van der Waals surface area contributed by atoms with Crippen LogP contribution >= 0.6 is 12.4 Å². The highest BCUT2D eigenvalue weighted by Crippen LogP contribution is 2.28. The summed E-state index contributed by atoms with van der Waals surface area (Å²) in [4.78, 5) is 14.2. The molecular formula is C17H18ClFN4. The minimum atomic E-state index is -0.175. The van der Waals surface area contributed by atoms with Crippen LogP contribution in [0, 0.1) is 5.82 Å². The van der Waals surface area contributed by atoms with Crippen LogP contribution in [-0.2, 0) is 19.4 Å². The molecule has 120 valence electrons. The summed E-state index contributed by atoms with van der Waals surface area (Å²) >= 11 is 0. The lowest BCUT2D eigenvalue weighted by molar-refractivity contribution is 0.256. The van der Waals surface area contributed by atoms with E-state index in [9.17, 15) is 4.39 Å². The Kier molecular flexibility index (Phi) is 4.59. The van der Waals surface area contributed by atoms with Crippen LogP contribution in [0.5, 0.6) is 0 Å². The van der Waals surface area contributed by atoms with Gasteiger partial charge in [-0.15, -0.1) is 12.4 Å². The predicted octanol–water partition coefficient (Wildman–Crippen LogP) is 3.12. The van der Waals surface area contributed by atoms with Gasteiger partial charge in [-0.25, -0.2) is 4.39 Å². The van der Waals surface area contributed by atoms with Gasteiger partial charge in [0.2, 0.25) is 0 Å². The molecule has 1 N–H and O–H groups in total. The van der Waals surface area contributed by atoms with Crippen molar-refractivity contribution in [1.82, 2.24) is 19.9 Å². The van der Waals surface area contributed by atoms with Gasteiger partial charge >= 0.3 is 0 Å². The first kappa shape index (κ1) is 15.9. The van der Waals surface area contributed by atoms with Crippen LogP contribution in [0.4, 0.5) is 4.39 Å². The third-order valence-corrected chi connectivity index (χ3v) is 4.32. The van der Waals surface area contributed by atoms with Crippen molar-refractivity contribution in [1.29, 1.82) is 0 Å². The maximum atomic E-state index is 13.5. The lowest BCUT2D eigenvalue weighted by Crippen LogP contribution is -2.32. The number of aromatic amines is 1. The number of halogens is 2. The van der Waals surface area contributed by atoms with E-state index in [1.165, 1.54) is 17.3 Å². The lowest BCUT2D eigenvalue weighted by atomic mass is 10.0. The summed E-state index contributed by atoms with van der Waals surface area (Å²) in [6.07, 6.45) is 7.10. The number of fused-ring (bicyclic) bond motifs is 3. The summed E-state index contributed by atoms with van der Waals surface area (Å²) in [5, 5.41) is 1.01. The van der Waals surface area contributed by atoms with Crippen LogP contribution in [0.15, 0.2) is 36.8 Å². The van der Waals surface area contributed by atoms with E-state index in [4.69, 9.17) is 0 Å². The van der Waals surface area contributed by atoms with Gasteiger partial charge in [-0.2, -0.15) is 0 Å². The Balaban J connectivity index is 0.00000156. The smallest absolute Gasteiger partial charge is 0.123 e. The second kappa shape index (κ2) is 6.64. The quantitative estimate of drug-likeness (QED) is 0.801. The highest BCUT2D eigenvalue weighted by Gasteiger charge is 2.20. The first-order chi connectivity index (χ1) is 10.8. The summed E-state index contributed by atoms with van der Waals surface area (Å²) in [5.74, 6) is -0.175. The maximum absolute atomic E-state index is 13.5. The Bertz CT molecular complexity index is 803. The molecule has 0 unspecified atom stereocenters. The molecule has 0 saturated heterocycles. The van der Waals surface area contributed by atoms with Crippen molar-refractivity contribution in [2.24, 2.45) is 0 Å². The summed E-state index contributed by atoms with van der Waals surface area (Å²) in [6.45, 7) is 2.82. The average Bonchev–Trinajstić information content (AvgIpc) is 2.91. The van der Waals surface area contributed by atoms with Crippen LogP contribution in [0.2, 0.25) is 0 Å². The number of hydrogen-bond acceptors (Lipinski definition) is 3. The molecule has 1 aliphatic rings. The van der Waals surface area contributed by atoms with Gasteiger partial charge in [-0.3, -0.25) is 14.9 Å². The van der Waals surface area contributed by atoms with Gasteiger partial charge in [0.1, 0.15) is 5.82 Å². The maximum Gasteiger partial charge on any atom is 0.123 e. The van der Waals surface area contributed by atoms with E-state index in [-0.39, 0.29) is 18.2 Å². The number of H-pyrrole nitrogens is 1. The molecule has 1 aromatic carbocycles. The number of hydrogen-bond donors (Lipinski definition) is 1. The molecule has 0 aliphatic carbocycles. The van der Waals surface area contributed by atoms with E-state index in [1.807, 2.05) is 12.3 Å². The first-order valence-corrected chi connectivity index (χ1v) is 7.56. The molecular weight excluding hydrogens is 315 g/mol. The number of nitrogens with one attached hydrogen (secondary N) is 1. The molecule has 0 fully saturated rings. The van der Waals surface area contributed by atoms with E-state index in [1.54, 1.807) is 18.5 Å². The molecule has 3 heterocycles. The Morgan fingerprint density at radius 1 is 1.26 bits per heavy atom. The highest BCUT2D eigenvalue weighted by atomic mass is 35.5. The fourth-order valence-corrected chi connectivity index (χ4v) is 3.16. The molecule has 4 rings (SSSR count). The zero-order chi connectivity index (χ0) is 14.9. The van der Waals surface area contributed by atoms with Crippen LogP contribution < -0.4 is 0 Å². The molecule has 0 amide bonds. The van der Waals surface area contributed by atoms with E-state index in [0.29, 0.717) is 0 Å². The molecule has 0 bridgehead atoms. The van der Waals surface area contributed by atoms with Crippen molar-refractivity contribution < 1.29 is 4.39 Å². The number of benzene rings is 1. The summed E-state index contributed by atoms with van der Waals surface area (Å²) in [7, 11) is 0. The van der Waals surface area contributed by atoms with Crippen LogP contribution in [0.3, 0.4) is 0 Å². The number of aromatic nitrogens is 3. The predicted molar refractivity (Wildman–Crippen MR) is 90.2 cm³/mol. The van der Waals surface area contributed by atoms with Crippen LogP contribution in [0.25, 0.3) is 10.9 Å². The minimum Gasteiger partial charge on any atom is -0.358 e. The lowest BCUT2D eigenvalue weighted by Gasteiger charge is -2.26. The van der Waals surface area contributed by atoms with Gasteiger partial charge in [-0.1, -0.05) is 0 Å². The SMILES string of the molecule is Cl.Fc1ccc2[nH]c3c(c2c1)CN(CCc1cnccn1)CC3. The summed E-state index contributed by atoms with van der Waals surface area (Å²) < 4.78 is 13.5. The molecule has 2 aromatic heterocycles. The molecule has 0 atom stereocenters. The summed E-state index contributed by atoms with van der Waals surface area (Å²) in [6, 6.07) is 4.97. The topological polar surface area (TPSA) is 44.8 Å². The highest BCUT2D eigenvalue weighted by molar-refractivity contribution is 5.85. The monoisotopic (exact) mass is 332 g/mol. The van der Waals surface area contributed by atoms with Crippen LogP contribution in [-0.4, -0.2) is 32.9 Å². The third kappa shape index (κ3) is 3.21. The Labute approximate surface area is 140 Å². The third-order valence-electron chi connectivity index (χ3n) is 4.32. The zero-order valence-corrected chi connectivity index (χ0v) is 13.4. The molecule has 1 aliphatic heterocycles. The largest absolute Gasteiger partial charge is 0.358 e. The van der Waals surface area contributed by atoms with Crippen molar-refractivity contribution >= 4 is 23.3 Å².